The molecule has 0 radical (unpaired) electrons. The van der Waals surface area contributed by atoms with Gasteiger partial charge in [-0.05, 0) is 0 Å². The molecule has 0 aromatic heterocycles. The molecular weight excluding hydrogens is 109 g/mol. The van der Waals surface area contributed by atoms with E-state index in [1.165, 1.54) is 0 Å². The molecule has 0 heterocycles. The average Bonchev–Trinajstić information content (AvgIpc) is 1.27. The fraction of sp³-hybridized carbons (Fsp3) is 0.333. The minimum absolute atomic E-state index is 0.194. The highest BCUT2D eigenvalue weighted by molar-refractivity contribution is 4.81. The van der Waals surface area contributed by atoms with Gasteiger partial charge in [-0.3, -0.25) is 0 Å². The Morgan fingerprint density at radius 2 is 2.00 bits per heavy atom. The van der Waals surface area contributed by atoms with Crippen molar-refractivity contribution in [2.45, 2.75) is 6.36 Å². The second-order valence-corrected chi connectivity index (χ2v) is 0.829. The van der Waals surface area contributed by atoms with E-state index in [1.54, 1.807) is 0 Å². The van der Waals surface area contributed by atoms with Crippen molar-refractivity contribution in [2.24, 2.45) is 0 Å². The minimum atomic E-state index is -2.54. The third-order valence-corrected chi connectivity index (χ3v) is 0.264. The van der Waals surface area contributed by atoms with E-state index >= 15 is 0 Å². The molecule has 0 bridgehead atoms. The van der Waals surface area contributed by atoms with Crippen LogP contribution in [0.25, 0.3) is 0 Å². The molecule has 0 amide bonds. The molecule has 1 nitrogen and oxygen atoms in total. The molecule has 1 N–H and O–H groups in total. The summed E-state index contributed by atoms with van der Waals surface area (Å²) in [5.74, 6) is 0. The Hall–Kier alpha value is -0.510. The van der Waals surface area contributed by atoms with Crippen LogP contribution in [0.4, 0.5) is 13.2 Å². The van der Waals surface area contributed by atoms with Crippen LogP contribution in [0.5, 0.6) is 0 Å². The molecule has 0 saturated heterocycles. The number of aliphatic hydroxyl groups is 1. The third kappa shape index (κ3) is 5.49. The van der Waals surface area contributed by atoms with Gasteiger partial charge in [0.15, 0.2) is 0 Å². The van der Waals surface area contributed by atoms with Gasteiger partial charge in [0.05, 0.1) is 0 Å². The summed E-state index contributed by atoms with van der Waals surface area (Å²) in [4.78, 5) is 0. The first kappa shape index (κ1) is 6.49. The lowest BCUT2D eigenvalue weighted by Crippen LogP contribution is -1.88. The van der Waals surface area contributed by atoms with Crippen LogP contribution in [0.3, 0.4) is 0 Å². The van der Waals surface area contributed by atoms with E-state index in [9.17, 15) is 13.2 Å². The standard InChI is InChI=1S/C3H3F3O/c4-2(5)1-3(6)7/h1,3,7H. The lowest BCUT2D eigenvalue weighted by atomic mass is 10.6. The van der Waals surface area contributed by atoms with Gasteiger partial charge in [-0.1, -0.05) is 0 Å². The Kier molecular flexibility index (Phi) is 2.44. The summed E-state index contributed by atoms with van der Waals surface area (Å²) in [6.45, 7) is 0. The van der Waals surface area contributed by atoms with E-state index in [1.807, 2.05) is 0 Å². The van der Waals surface area contributed by atoms with Gasteiger partial charge in [-0.15, -0.1) is 0 Å². The van der Waals surface area contributed by atoms with Crippen LogP contribution in [0.1, 0.15) is 0 Å². The van der Waals surface area contributed by atoms with Gasteiger partial charge in [0.1, 0.15) is 0 Å². The van der Waals surface area contributed by atoms with Crippen molar-refractivity contribution in [2.75, 3.05) is 0 Å². The van der Waals surface area contributed by atoms with Gasteiger partial charge >= 0.3 is 0 Å². The Morgan fingerprint density at radius 1 is 1.57 bits per heavy atom. The predicted molar refractivity (Wildman–Crippen MR) is 17.4 cm³/mol. The fourth-order valence-corrected chi connectivity index (χ4v) is 0.104. The minimum Gasteiger partial charge on any atom is -0.361 e. The van der Waals surface area contributed by atoms with Gasteiger partial charge in [0.2, 0.25) is 6.36 Å². The Morgan fingerprint density at radius 3 is 2.00 bits per heavy atom. The van der Waals surface area contributed by atoms with Gasteiger partial charge < -0.3 is 5.11 Å². The van der Waals surface area contributed by atoms with Gasteiger partial charge in [0.25, 0.3) is 6.08 Å². The van der Waals surface area contributed by atoms with Crippen molar-refractivity contribution in [3.8, 4) is 0 Å². The molecule has 4 heteroatoms. The van der Waals surface area contributed by atoms with Crippen LogP contribution >= 0.6 is 0 Å². The Labute approximate surface area is 38.1 Å². The molecule has 42 valence electrons. The second-order valence-electron chi connectivity index (χ2n) is 0.829. The molecule has 0 rings (SSSR count). The maximum Gasteiger partial charge on any atom is 0.271 e. The number of hydrogen-bond donors (Lipinski definition) is 1. The van der Waals surface area contributed by atoms with E-state index in [2.05, 4.69) is 0 Å². The zero-order valence-electron chi connectivity index (χ0n) is 3.24. The first-order valence-corrected chi connectivity index (χ1v) is 1.48. The SMILES string of the molecule is OC(F)C=C(F)F. The Bertz CT molecular complexity index is 74.2. The first-order chi connectivity index (χ1) is 3.13. The van der Waals surface area contributed by atoms with Crippen molar-refractivity contribution < 1.29 is 18.3 Å². The van der Waals surface area contributed by atoms with Crippen molar-refractivity contribution in [1.29, 1.82) is 0 Å². The molecule has 0 aromatic rings. The largest absolute Gasteiger partial charge is 0.361 e. The summed E-state index contributed by atoms with van der Waals surface area (Å²) in [5, 5.41) is 7.50. The van der Waals surface area contributed by atoms with Crippen LogP contribution < -0.4 is 0 Å². The normalized spacial score (nSPS) is 13.1. The molecular formula is C3H3F3O. The van der Waals surface area contributed by atoms with Gasteiger partial charge in [-0.25, -0.2) is 4.39 Å². The quantitative estimate of drug-likeness (QED) is 0.537. The van der Waals surface area contributed by atoms with E-state index < -0.39 is 12.4 Å². The maximum absolute atomic E-state index is 11.0. The van der Waals surface area contributed by atoms with E-state index in [-0.39, 0.29) is 6.08 Å². The highest BCUT2D eigenvalue weighted by Crippen LogP contribution is 1.98. The average molecular weight is 112 g/mol. The summed E-state index contributed by atoms with van der Waals surface area (Å²) in [6, 6.07) is 0. The summed E-state index contributed by atoms with van der Waals surface area (Å²) in [6.07, 6.45) is -4.94. The summed E-state index contributed by atoms with van der Waals surface area (Å²) in [7, 11) is 0. The third-order valence-electron chi connectivity index (χ3n) is 0.264. The molecule has 0 fully saturated rings. The molecule has 0 aliphatic carbocycles. The predicted octanol–water partition coefficient (Wildman–Crippen LogP) is 1.05. The zero-order chi connectivity index (χ0) is 5.86. The maximum atomic E-state index is 11.0. The van der Waals surface area contributed by atoms with Crippen LogP contribution in [0.2, 0.25) is 0 Å². The number of hydrogen-bond acceptors (Lipinski definition) is 1. The lowest BCUT2D eigenvalue weighted by Gasteiger charge is -1.83. The molecule has 7 heavy (non-hydrogen) atoms. The number of rotatable bonds is 1. The zero-order valence-corrected chi connectivity index (χ0v) is 3.24. The number of halogens is 3. The monoisotopic (exact) mass is 112 g/mol. The van der Waals surface area contributed by atoms with Crippen LogP contribution in [-0.4, -0.2) is 11.5 Å². The van der Waals surface area contributed by atoms with Gasteiger partial charge in [-0.2, -0.15) is 8.78 Å². The second kappa shape index (κ2) is 2.63. The van der Waals surface area contributed by atoms with Crippen LogP contribution in [0, 0.1) is 0 Å². The van der Waals surface area contributed by atoms with Crippen LogP contribution in [-0.2, 0) is 0 Å². The number of aliphatic hydroxyl groups excluding tert-OH is 1. The topological polar surface area (TPSA) is 20.2 Å². The molecule has 0 aromatic carbocycles. The molecule has 1 unspecified atom stereocenters. The molecule has 0 aliphatic rings. The molecule has 0 saturated carbocycles. The van der Waals surface area contributed by atoms with Gasteiger partial charge in [0, 0.05) is 6.08 Å². The lowest BCUT2D eigenvalue weighted by molar-refractivity contribution is 0.0840. The van der Waals surface area contributed by atoms with Crippen molar-refractivity contribution in [1.82, 2.24) is 0 Å². The van der Waals surface area contributed by atoms with Crippen molar-refractivity contribution in [3.63, 3.8) is 0 Å². The van der Waals surface area contributed by atoms with E-state index in [4.69, 9.17) is 5.11 Å². The van der Waals surface area contributed by atoms with E-state index in [0.717, 1.165) is 0 Å². The van der Waals surface area contributed by atoms with Crippen molar-refractivity contribution in [3.05, 3.63) is 12.2 Å². The first-order valence-electron chi connectivity index (χ1n) is 1.48. The number of alkyl halides is 1. The summed E-state index contributed by atoms with van der Waals surface area (Å²) < 4.78 is 32.4. The molecule has 0 aliphatic heterocycles. The molecule has 0 spiro atoms. The fourth-order valence-electron chi connectivity index (χ4n) is 0.104. The smallest absolute Gasteiger partial charge is 0.271 e. The summed E-state index contributed by atoms with van der Waals surface area (Å²) >= 11 is 0. The van der Waals surface area contributed by atoms with Crippen molar-refractivity contribution >= 4 is 0 Å². The highest BCUT2D eigenvalue weighted by Gasteiger charge is 1.95. The molecule has 1 atom stereocenters. The van der Waals surface area contributed by atoms with E-state index in [0.29, 0.717) is 0 Å². The van der Waals surface area contributed by atoms with Crippen LogP contribution in [0.15, 0.2) is 12.2 Å². The summed E-state index contributed by atoms with van der Waals surface area (Å²) in [5.41, 5.74) is 0. The highest BCUT2D eigenvalue weighted by atomic mass is 19.3. The Balaban J connectivity index is 3.45.